The number of nitrogens with one attached hydrogen (secondary N) is 1. The molecule has 1 amide bonds. The molecule has 1 saturated heterocycles. The molecular weight excluding hydrogens is 245 g/mol. The third kappa shape index (κ3) is 4.39. The summed E-state index contributed by atoms with van der Waals surface area (Å²) in [5.74, 6) is -4.22. The monoisotopic (exact) mass is 254 g/mol. The van der Waals surface area contributed by atoms with E-state index in [1.807, 2.05) is 0 Å². The second-order valence-corrected chi connectivity index (χ2v) is 3.32. The maximum atomic E-state index is 11.7. The van der Waals surface area contributed by atoms with Gasteiger partial charge in [-0.05, 0) is 0 Å². The molecule has 0 aromatic heterocycles. The molecule has 0 aromatic rings. The fourth-order valence-corrected chi connectivity index (χ4v) is 1.20. The predicted molar refractivity (Wildman–Crippen MR) is 46.6 cm³/mol. The van der Waals surface area contributed by atoms with Crippen molar-refractivity contribution in [1.82, 2.24) is 10.2 Å². The number of hydrogen-bond donors (Lipinski definition) is 1. The molecule has 17 heavy (non-hydrogen) atoms. The summed E-state index contributed by atoms with van der Waals surface area (Å²) >= 11 is 0. The SMILES string of the molecule is O=C1CN(CC(=O)OC(=O)C(F)(F)F)CCN1. The topological polar surface area (TPSA) is 75.7 Å². The number of esters is 2. The van der Waals surface area contributed by atoms with Crippen LogP contribution in [-0.4, -0.2) is 55.1 Å². The second kappa shape index (κ2) is 5.13. The first kappa shape index (κ1) is 13.4. The van der Waals surface area contributed by atoms with Gasteiger partial charge in [-0.25, -0.2) is 4.79 Å². The summed E-state index contributed by atoms with van der Waals surface area (Å²) in [6.07, 6.45) is -5.20. The number of halogens is 3. The molecule has 0 unspecified atom stereocenters. The second-order valence-electron chi connectivity index (χ2n) is 3.32. The Labute approximate surface area is 93.7 Å². The zero-order chi connectivity index (χ0) is 13.1. The summed E-state index contributed by atoms with van der Waals surface area (Å²) in [5.41, 5.74) is 0. The Morgan fingerprint density at radius 2 is 2.06 bits per heavy atom. The Balaban J connectivity index is 2.39. The molecule has 0 bridgehead atoms. The average molecular weight is 254 g/mol. The van der Waals surface area contributed by atoms with Crippen LogP contribution in [0.4, 0.5) is 13.2 Å². The lowest BCUT2D eigenvalue weighted by Gasteiger charge is -2.25. The van der Waals surface area contributed by atoms with Gasteiger partial charge in [-0.2, -0.15) is 13.2 Å². The highest BCUT2D eigenvalue weighted by atomic mass is 19.4. The van der Waals surface area contributed by atoms with Crippen LogP contribution in [0.15, 0.2) is 0 Å². The van der Waals surface area contributed by atoms with Gasteiger partial charge in [0.15, 0.2) is 0 Å². The summed E-state index contributed by atoms with van der Waals surface area (Å²) in [7, 11) is 0. The van der Waals surface area contributed by atoms with Crippen molar-refractivity contribution in [2.75, 3.05) is 26.2 Å². The molecule has 0 aliphatic carbocycles. The molecule has 1 fully saturated rings. The van der Waals surface area contributed by atoms with E-state index in [2.05, 4.69) is 10.1 Å². The molecule has 0 radical (unpaired) electrons. The molecule has 1 aliphatic rings. The number of nitrogens with zero attached hydrogens (tertiary/aromatic N) is 1. The van der Waals surface area contributed by atoms with Crippen LogP contribution in [0.3, 0.4) is 0 Å². The van der Waals surface area contributed by atoms with Crippen molar-refractivity contribution >= 4 is 17.8 Å². The van der Waals surface area contributed by atoms with Gasteiger partial charge >= 0.3 is 18.1 Å². The first-order chi connectivity index (χ1) is 7.79. The molecule has 1 aliphatic heterocycles. The van der Waals surface area contributed by atoms with Gasteiger partial charge in [0.1, 0.15) is 0 Å². The summed E-state index contributed by atoms with van der Waals surface area (Å²) < 4.78 is 38.8. The Kier molecular flexibility index (Phi) is 4.05. The summed E-state index contributed by atoms with van der Waals surface area (Å²) in [6.45, 7) is -0.0507. The zero-order valence-electron chi connectivity index (χ0n) is 8.54. The van der Waals surface area contributed by atoms with Crippen molar-refractivity contribution in [3.8, 4) is 0 Å². The van der Waals surface area contributed by atoms with Gasteiger partial charge in [-0.1, -0.05) is 0 Å². The van der Waals surface area contributed by atoms with Crippen molar-refractivity contribution < 1.29 is 32.3 Å². The molecule has 1 N–H and O–H groups in total. The number of ether oxygens (including phenoxy) is 1. The zero-order valence-corrected chi connectivity index (χ0v) is 8.54. The molecule has 9 heteroatoms. The average Bonchev–Trinajstić information content (AvgIpc) is 2.15. The maximum Gasteiger partial charge on any atom is 0.491 e. The Bertz CT molecular complexity index is 342. The number of rotatable bonds is 2. The molecule has 1 heterocycles. The van der Waals surface area contributed by atoms with Crippen LogP contribution in [0.1, 0.15) is 0 Å². The minimum absolute atomic E-state index is 0.116. The lowest BCUT2D eigenvalue weighted by Crippen LogP contribution is -2.49. The van der Waals surface area contributed by atoms with E-state index in [0.29, 0.717) is 13.1 Å². The highest BCUT2D eigenvalue weighted by Crippen LogP contribution is 2.16. The van der Waals surface area contributed by atoms with Gasteiger partial charge < -0.3 is 10.1 Å². The van der Waals surface area contributed by atoms with Gasteiger partial charge in [0.2, 0.25) is 5.91 Å². The van der Waals surface area contributed by atoms with Crippen LogP contribution in [0.2, 0.25) is 0 Å². The number of amides is 1. The molecule has 1 rings (SSSR count). The number of hydrogen-bond acceptors (Lipinski definition) is 5. The van der Waals surface area contributed by atoms with Gasteiger partial charge in [-0.15, -0.1) is 0 Å². The molecular formula is C8H9F3N2O4. The van der Waals surface area contributed by atoms with Gasteiger partial charge in [0.05, 0.1) is 13.1 Å². The molecule has 0 saturated carbocycles. The fourth-order valence-electron chi connectivity index (χ4n) is 1.20. The summed E-state index contributed by atoms with van der Waals surface area (Å²) in [6, 6.07) is 0. The first-order valence-corrected chi connectivity index (χ1v) is 4.60. The van der Waals surface area contributed by atoms with Gasteiger partial charge in [0.25, 0.3) is 0 Å². The molecule has 96 valence electrons. The minimum Gasteiger partial charge on any atom is -0.385 e. The van der Waals surface area contributed by atoms with Crippen LogP contribution in [0, 0.1) is 0 Å². The maximum absolute atomic E-state index is 11.7. The van der Waals surface area contributed by atoms with Crippen LogP contribution in [-0.2, 0) is 19.1 Å². The third-order valence-corrected chi connectivity index (χ3v) is 1.91. The Hall–Kier alpha value is -1.64. The summed E-state index contributed by atoms with van der Waals surface area (Å²) in [4.78, 5) is 33.4. The number of carbonyl (C=O) groups excluding carboxylic acids is 3. The standard InChI is InChI=1S/C8H9F3N2O4/c9-8(10,11)7(16)17-6(15)4-13-2-1-12-5(14)3-13/h1-4H2,(H,12,14). The molecule has 0 atom stereocenters. The molecule has 0 aromatic carbocycles. The van der Waals surface area contributed by atoms with E-state index >= 15 is 0 Å². The summed E-state index contributed by atoms with van der Waals surface area (Å²) in [5, 5.41) is 2.47. The molecule has 6 nitrogen and oxygen atoms in total. The van der Waals surface area contributed by atoms with Gasteiger partial charge in [-0.3, -0.25) is 14.5 Å². The van der Waals surface area contributed by atoms with E-state index in [4.69, 9.17) is 0 Å². The van der Waals surface area contributed by atoms with Crippen molar-refractivity contribution in [3.63, 3.8) is 0 Å². The van der Waals surface area contributed by atoms with Crippen molar-refractivity contribution in [2.24, 2.45) is 0 Å². The highest BCUT2D eigenvalue weighted by molar-refractivity contribution is 5.89. The fraction of sp³-hybridized carbons (Fsp3) is 0.625. The van der Waals surface area contributed by atoms with E-state index in [-0.39, 0.29) is 12.5 Å². The largest absolute Gasteiger partial charge is 0.491 e. The Morgan fingerprint density at radius 1 is 1.41 bits per heavy atom. The van der Waals surface area contributed by atoms with Crippen LogP contribution in [0.25, 0.3) is 0 Å². The first-order valence-electron chi connectivity index (χ1n) is 4.60. The van der Waals surface area contributed by atoms with E-state index in [9.17, 15) is 27.6 Å². The molecule has 0 spiro atoms. The van der Waals surface area contributed by atoms with Crippen LogP contribution in [0.5, 0.6) is 0 Å². The smallest absolute Gasteiger partial charge is 0.385 e. The van der Waals surface area contributed by atoms with E-state index in [0.717, 1.165) is 0 Å². The number of piperazine rings is 1. The third-order valence-electron chi connectivity index (χ3n) is 1.91. The van der Waals surface area contributed by atoms with Crippen molar-refractivity contribution in [3.05, 3.63) is 0 Å². The van der Waals surface area contributed by atoms with Crippen molar-refractivity contribution in [2.45, 2.75) is 6.18 Å². The lowest BCUT2D eigenvalue weighted by molar-refractivity contribution is -0.202. The predicted octanol–water partition coefficient (Wildman–Crippen LogP) is -0.950. The van der Waals surface area contributed by atoms with Gasteiger partial charge in [0, 0.05) is 13.1 Å². The van der Waals surface area contributed by atoms with Crippen LogP contribution < -0.4 is 5.32 Å². The number of carbonyl (C=O) groups is 3. The van der Waals surface area contributed by atoms with E-state index in [1.165, 1.54) is 4.90 Å². The van der Waals surface area contributed by atoms with Crippen molar-refractivity contribution in [1.29, 1.82) is 0 Å². The number of alkyl halides is 3. The van der Waals surface area contributed by atoms with Crippen LogP contribution >= 0.6 is 0 Å². The van der Waals surface area contributed by atoms with E-state index < -0.39 is 24.7 Å². The lowest BCUT2D eigenvalue weighted by atomic mass is 10.3. The van der Waals surface area contributed by atoms with E-state index in [1.54, 1.807) is 0 Å². The Morgan fingerprint density at radius 3 is 2.59 bits per heavy atom. The normalized spacial score (nSPS) is 17.5. The highest BCUT2D eigenvalue weighted by Gasteiger charge is 2.42. The minimum atomic E-state index is -5.20. The quantitative estimate of drug-likeness (QED) is 0.508.